The number of likely N-dealkylation sites (tertiary alicyclic amines) is 1. The normalized spacial score (nSPS) is 27.8. The van der Waals surface area contributed by atoms with E-state index in [0.717, 1.165) is 30.8 Å². The fourth-order valence-electron chi connectivity index (χ4n) is 6.60. The van der Waals surface area contributed by atoms with Crippen LogP contribution in [0.25, 0.3) is 0 Å². The van der Waals surface area contributed by atoms with Crippen LogP contribution < -0.4 is 5.32 Å². The van der Waals surface area contributed by atoms with Crippen molar-refractivity contribution in [1.29, 1.82) is 0 Å². The second kappa shape index (κ2) is 10.3. The number of anilines is 1. The van der Waals surface area contributed by atoms with Gasteiger partial charge in [-0.15, -0.1) is 0 Å². The molecule has 0 bridgehead atoms. The zero-order valence-corrected chi connectivity index (χ0v) is 21.9. The molecule has 0 spiro atoms. The van der Waals surface area contributed by atoms with Gasteiger partial charge in [0.05, 0.1) is 18.8 Å². The third kappa shape index (κ3) is 5.38. The molecular formula is C30H37F4N3. The fourth-order valence-corrected chi connectivity index (χ4v) is 6.60. The van der Waals surface area contributed by atoms with Crippen LogP contribution in [-0.2, 0) is 0 Å². The van der Waals surface area contributed by atoms with Gasteiger partial charge in [-0.3, -0.25) is 9.29 Å². The minimum Gasteiger partial charge on any atom is -0.380 e. The Balaban J connectivity index is 1.46. The summed E-state index contributed by atoms with van der Waals surface area (Å²) in [5, 5.41) is 3.22. The first-order chi connectivity index (χ1) is 17.6. The smallest absolute Gasteiger partial charge is 0.132 e. The quantitative estimate of drug-likeness (QED) is 0.381. The number of rotatable bonds is 8. The maximum atomic E-state index is 15.8. The molecule has 0 amide bonds. The van der Waals surface area contributed by atoms with Crippen LogP contribution in [0.4, 0.5) is 23.2 Å². The van der Waals surface area contributed by atoms with Crippen molar-refractivity contribution in [2.75, 3.05) is 31.6 Å². The molecule has 1 aromatic carbocycles. The summed E-state index contributed by atoms with van der Waals surface area (Å²) in [6, 6.07) is 2.82. The Bertz CT molecular complexity index is 1100. The average Bonchev–Trinajstić information content (AvgIpc) is 2.96. The first-order valence-corrected chi connectivity index (χ1v) is 13.4. The van der Waals surface area contributed by atoms with Gasteiger partial charge in [0.1, 0.15) is 17.3 Å². The number of allylic oxidation sites excluding steroid dienone is 5. The summed E-state index contributed by atoms with van der Waals surface area (Å²) in [6.07, 6.45) is 13.5. The Labute approximate surface area is 217 Å². The molecule has 3 heterocycles. The number of alkyl halides is 2. The number of halogens is 4. The van der Waals surface area contributed by atoms with E-state index >= 15 is 13.2 Å². The van der Waals surface area contributed by atoms with Crippen LogP contribution >= 0.6 is 0 Å². The van der Waals surface area contributed by atoms with Gasteiger partial charge in [0.15, 0.2) is 0 Å². The molecule has 3 aliphatic heterocycles. The highest BCUT2D eigenvalue weighted by Gasteiger charge is 2.48. The van der Waals surface area contributed by atoms with Crippen LogP contribution in [-0.4, -0.2) is 53.9 Å². The first-order valence-electron chi connectivity index (χ1n) is 13.4. The third-order valence-corrected chi connectivity index (χ3v) is 8.23. The van der Waals surface area contributed by atoms with Crippen LogP contribution in [0.2, 0.25) is 0 Å². The van der Waals surface area contributed by atoms with Gasteiger partial charge in [0.2, 0.25) is 0 Å². The molecule has 4 aliphatic rings. The van der Waals surface area contributed by atoms with Gasteiger partial charge in [0, 0.05) is 48.7 Å². The Morgan fingerprint density at radius 1 is 1.08 bits per heavy atom. The van der Waals surface area contributed by atoms with Gasteiger partial charge >= 0.3 is 0 Å². The molecule has 2 fully saturated rings. The monoisotopic (exact) mass is 515 g/mol. The largest absolute Gasteiger partial charge is 0.380 e. The average molecular weight is 516 g/mol. The number of nitrogens with one attached hydrogen (secondary N) is 1. The number of hydrogen-bond acceptors (Lipinski definition) is 3. The molecule has 5 rings (SSSR count). The number of benzene rings is 1. The first kappa shape index (κ1) is 26.1. The Kier molecular flexibility index (Phi) is 7.27. The molecule has 1 saturated heterocycles. The standard InChI is InChI=1S/C30H37F4N3/c1-19-12-27-23(15-22-8-5-4-6-11-37(22)27)28(24(19)16-30(2,3)34)29-25(32)13-20(14-26(29)33)35-21-17-36(18-21)10-7-9-31/h4-6,8,11,13-15,19,21,24,27-28,35H,7,9-10,12,16-18H2,1-3H3/t19-,24?,27?,28+/m1/s1. The molecule has 2 unspecified atom stereocenters. The van der Waals surface area contributed by atoms with Gasteiger partial charge in [-0.05, 0) is 80.9 Å². The van der Waals surface area contributed by atoms with Crippen molar-refractivity contribution in [3.8, 4) is 0 Å². The highest BCUT2D eigenvalue weighted by atomic mass is 19.1. The zero-order chi connectivity index (χ0) is 26.3. The predicted molar refractivity (Wildman–Crippen MR) is 141 cm³/mol. The van der Waals surface area contributed by atoms with Crippen molar-refractivity contribution in [3.05, 3.63) is 77.2 Å². The van der Waals surface area contributed by atoms with Crippen LogP contribution in [0.3, 0.4) is 0 Å². The maximum absolute atomic E-state index is 15.8. The highest BCUT2D eigenvalue weighted by molar-refractivity contribution is 5.52. The van der Waals surface area contributed by atoms with Crippen molar-refractivity contribution < 1.29 is 17.6 Å². The molecule has 7 heteroatoms. The van der Waals surface area contributed by atoms with Crippen LogP contribution in [0.1, 0.15) is 51.5 Å². The SMILES string of the molecule is C[C@@H]1CC2C(=CC3=CC=CC=CN32)[C@H](c2c(F)cc(NC3CN(CCCF)C3)cc2F)C1CC(C)(C)F. The predicted octanol–water partition coefficient (Wildman–Crippen LogP) is 6.88. The van der Waals surface area contributed by atoms with E-state index in [1.165, 1.54) is 12.1 Å². The van der Waals surface area contributed by atoms with E-state index in [9.17, 15) is 4.39 Å². The fraction of sp³-hybridized carbons (Fsp3) is 0.533. The number of hydrogen-bond donors (Lipinski definition) is 1. The minimum absolute atomic E-state index is 0.0109. The van der Waals surface area contributed by atoms with Crippen molar-refractivity contribution >= 4 is 5.69 Å². The van der Waals surface area contributed by atoms with Gasteiger partial charge in [-0.1, -0.05) is 19.1 Å². The van der Waals surface area contributed by atoms with Crippen molar-refractivity contribution in [1.82, 2.24) is 9.80 Å². The second-order valence-electron chi connectivity index (χ2n) is 11.7. The molecular weight excluding hydrogens is 478 g/mol. The van der Waals surface area contributed by atoms with Crippen LogP contribution in [0.5, 0.6) is 0 Å². The zero-order valence-electron chi connectivity index (χ0n) is 21.9. The highest BCUT2D eigenvalue weighted by Crippen LogP contribution is 2.54. The van der Waals surface area contributed by atoms with Crippen LogP contribution in [0, 0.1) is 23.5 Å². The van der Waals surface area contributed by atoms with Crippen molar-refractivity contribution in [2.45, 2.75) is 63.7 Å². The van der Waals surface area contributed by atoms with E-state index in [2.05, 4.69) is 22.0 Å². The summed E-state index contributed by atoms with van der Waals surface area (Å²) in [5.74, 6) is -1.90. The molecule has 37 heavy (non-hydrogen) atoms. The molecule has 0 aromatic heterocycles. The maximum Gasteiger partial charge on any atom is 0.132 e. The van der Waals surface area contributed by atoms with E-state index in [-0.39, 0.29) is 42.6 Å². The number of nitrogens with zero attached hydrogens (tertiary/aromatic N) is 2. The van der Waals surface area contributed by atoms with Gasteiger partial charge in [-0.25, -0.2) is 13.2 Å². The summed E-state index contributed by atoms with van der Waals surface area (Å²) in [6.45, 7) is 6.97. The van der Waals surface area contributed by atoms with Crippen molar-refractivity contribution in [2.24, 2.45) is 11.8 Å². The van der Waals surface area contributed by atoms with Gasteiger partial charge in [-0.2, -0.15) is 0 Å². The lowest BCUT2D eigenvalue weighted by Crippen LogP contribution is -2.54. The summed E-state index contributed by atoms with van der Waals surface area (Å²) in [5.41, 5.74) is 0.936. The van der Waals surface area contributed by atoms with Gasteiger partial charge < -0.3 is 10.2 Å². The van der Waals surface area contributed by atoms with E-state index in [4.69, 9.17) is 0 Å². The second-order valence-corrected chi connectivity index (χ2v) is 11.7. The molecule has 1 N–H and O–H groups in total. The molecule has 200 valence electrons. The lowest BCUT2D eigenvalue weighted by atomic mass is 9.63. The lowest BCUT2D eigenvalue weighted by molar-refractivity contribution is 0.106. The lowest BCUT2D eigenvalue weighted by Gasteiger charge is -2.45. The minimum atomic E-state index is -1.46. The topological polar surface area (TPSA) is 18.5 Å². The third-order valence-electron chi connectivity index (χ3n) is 8.23. The Morgan fingerprint density at radius 2 is 1.81 bits per heavy atom. The van der Waals surface area contributed by atoms with E-state index in [1.54, 1.807) is 13.8 Å². The summed E-state index contributed by atoms with van der Waals surface area (Å²) < 4.78 is 59.1. The number of fused-ring (bicyclic) bond motifs is 3. The molecule has 1 aliphatic carbocycles. The molecule has 0 radical (unpaired) electrons. The van der Waals surface area contributed by atoms with E-state index in [0.29, 0.717) is 18.7 Å². The van der Waals surface area contributed by atoms with Crippen LogP contribution in [0.15, 0.2) is 60.0 Å². The summed E-state index contributed by atoms with van der Waals surface area (Å²) in [4.78, 5) is 4.29. The Morgan fingerprint density at radius 3 is 2.49 bits per heavy atom. The Hall–Kier alpha value is -2.54. The molecule has 4 atom stereocenters. The van der Waals surface area contributed by atoms with E-state index < -0.39 is 23.2 Å². The molecule has 3 nitrogen and oxygen atoms in total. The van der Waals surface area contributed by atoms with Crippen molar-refractivity contribution in [3.63, 3.8) is 0 Å². The van der Waals surface area contributed by atoms with Gasteiger partial charge in [0.25, 0.3) is 0 Å². The summed E-state index contributed by atoms with van der Waals surface area (Å²) in [7, 11) is 0. The summed E-state index contributed by atoms with van der Waals surface area (Å²) >= 11 is 0. The molecule has 1 aromatic rings. The van der Waals surface area contributed by atoms with E-state index in [1.807, 2.05) is 36.6 Å². The molecule has 1 saturated carbocycles.